The number of esters is 2. The van der Waals surface area contributed by atoms with E-state index in [4.69, 9.17) is 14.2 Å². The Kier molecular flexibility index (Phi) is 18.9. The molecule has 7 aliphatic rings. The predicted octanol–water partition coefficient (Wildman–Crippen LogP) is 15.4. The van der Waals surface area contributed by atoms with Gasteiger partial charge in [-0.1, -0.05) is 83.2 Å². The molecule has 506 valence electrons. The molecule has 0 aliphatic heterocycles. The second-order valence-electron chi connectivity index (χ2n) is 32.7. The number of carboxylic acid groups (broad SMARTS) is 2. The number of ether oxygens (including phenoxy) is 3. The molecule has 18 nitrogen and oxygen atoms in total. The monoisotopic (exact) mass is 1280 g/mol. The Labute approximate surface area is 550 Å². The Hall–Kier alpha value is -6.33. The second kappa shape index (κ2) is 26.3. The third-order valence-electron chi connectivity index (χ3n) is 26.5. The van der Waals surface area contributed by atoms with Gasteiger partial charge in [-0.25, -0.2) is 14.2 Å². The van der Waals surface area contributed by atoms with E-state index < -0.39 is 23.6 Å². The van der Waals surface area contributed by atoms with Gasteiger partial charge in [0, 0.05) is 58.9 Å². The molecular formula is C75H106N8O10. The maximum Gasteiger partial charge on any atom is 0.407 e. The van der Waals surface area contributed by atoms with Gasteiger partial charge in [-0.3, -0.25) is 19.2 Å². The van der Waals surface area contributed by atoms with Crippen LogP contribution in [0, 0.1) is 86.8 Å². The van der Waals surface area contributed by atoms with Crippen LogP contribution in [0.1, 0.15) is 210 Å². The summed E-state index contributed by atoms with van der Waals surface area (Å²) in [5.41, 5.74) is 4.95. The third kappa shape index (κ3) is 13.6. The topological polar surface area (TPSA) is 232 Å². The molecule has 1 spiro atoms. The SMILES string of the molecule is CC([C@H](C)CCC(=O)O)C1(C)CCC2C(C)C3(CCC[C@@H](OC(=O)Cn4cc(-c5ccc6c7ccc(-c8cn(CC(=O)O[C@@H]9CCC%10(C)C%11CCC%12(C)C([C@H](C)CCC(=O)O)CC[C@H]%12[C@@H]%11CC[C@@H]%10C9)nn8)cc7n(CCNC(=O)OC(C)(C)C)c6c5)nn4)C3)CC[C@H]2C1. The van der Waals surface area contributed by atoms with Crippen molar-refractivity contribution in [2.24, 2.45) is 86.8 Å². The highest BCUT2D eigenvalue weighted by molar-refractivity contribution is 6.10. The van der Waals surface area contributed by atoms with Crippen molar-refractivity contribution in [3.05, 3.63) is 48.8 Å². The Morgan fingerprint density at radius 1 is 0.677 bits per heavy atom. The summed E-state index contributed by atoms with van der Waals surface area (Å²) in [7, 11) is 0. The van der Waals surface area contributed by atoms with Gasteiger partial charge in [0.1, 0.15) is 42.3 Å². The Morgan fingerprint density at radius 2 is 1.30 bits per heavy atom. The van der Waals surface area contributed by atoms with Crippen molar-refractivity contribution in [1.29, 1.82) is 0 Å². The number of aliphatic carboxylic acids is 2. The molecule has 7 saturated carbocycles. The first-order chi connectivity index (χ1) is 44.2. The Bertz CT molecular complexity index is 3570. The van der Waals surface area contributed by atoms with Crippen LogP contribution in [-0.2, 0) is 53.0 Å². The minimum Gasteiger partial charge on any atom is -0.481 e. The van der Waals surface area contributed by atoms with Gasteiger partial charge in [0.25, 0.3) is 0 Å². The van der Waals surface area contributed by atoms with Crippen LogP contribution in [0.4, 0.5) is 4.79 Å². The summed E-state index contributed by atoms with van der Waals surface area (Å²) in [5, 5.41) is 41.7. The molecule has 1 amide bonds. The van der Waals surface area contributed by atoms with E-state index in [2.05, 4.69) is 103 Å². The summed E-state index contributed by atoms with van der Waals surface area (Å²) < 4.78 is 23.5. The van der Waals surface area contributed by atoms with Gasteiger partial charge in [-0.2, -0.15) is 0 Å². The van der Waals surface area contributed by atoms with Gasteiger partial charge in [0.05, 0.1) is 12.4 Å². The van der Waals surface area contributed by atoms with Gasteiger partial charge in [0.15, 0.2) is 0 Å². The number of carbonyl (C=O) groups is 5. The number of carboxylic acids is 2. The number of nitrogens with one attached hydrogen (secondary N) is 1. The number of rotatable bonds is 20. The average molecular weight is 1280 g/mol. The number of benzene rings is 2. The molecule has 0 radical (unpaired) electrons. The molecule has 17 atom stereocenters. The first-order valence-electron chi connectivity index (χ1n) is 35.9. The van der Waals surface area contributed by atoms with Crippen molar-refractivity contribution in [2.75, 3.05) is 6.54 Å². The summed E-state index contributed by atoms with van der Waals surface area (Å²) in [6.07, 6.45) is 25.0. The van der Waals surface area contributed by atoms with Crippen LogP contribution in [0.15, 0.2) is 48.8 Å². The smallest absolute Gasteiger partial charge is 0.407 e. The third-order valence-corrected chi connectivity index (χ3v) is 26.5. The highest BCUT2D eigenvalue weighted by Crippen LogP contribution is 2.69. The number of carbonyl (C=O) groups excluding carboxylic acids is 3. The molecule has 0 bridgehead atoms. The number of amides is 1. The summed E-state index contributed by atoms with van der Waals surface area (Å²) in [6.45, 7) is 23.0. The number of aromatic nitrogens is 7. The highest BCUT2D eigenvalue weighted by Gasteiger charge is 2.61. The van der Waals surface area contributed by atoms with Crippen molar-refractivity contribution >= 4 is 51.8 Å². The number of hydrogen-bond acceptors (Lipinski definition) is 12. The van der Waals surface area contributed by atoms with Crippen LogP contribution in [0.5, 0.6) is 0 Å². The van der Waals surface area contributed by atoms with Crippen LogP contribution >= 0.6 is 0 Å². The number of fused-ring (bicyclic) bond motifs is 9. The van der Waals surface area contributed by atoms with E-state index in [1.807, 2.05) is 32.9 Å². The largest absolute Gasteiger partial charge is 0.481 e. The van der Waals surface area contributed by atoms with Gasteiger partial charge in [-0.05, 0) is 248 Å². The fourth-order valence-electron chi connectivity index (χ4n) is 21.3. The zero-order chi connectivity index (χ0) is 65.9. The summed E-state index contributed by atoms with van der Waals surface area (Å²) in [6, 6.07) is 12.4. The molecule has 3 aromatic heterocycles. The van der Waals surface area contributed by atoms with E-state index in [0.717, 1.165) is 96.6 Å². The lowest BCUT2D eigenvalue weighted by atomic mass is 9.44. The second-order valence-corrected chi connectivity index (χ2v) is 32.7. The van der Waals surface area contributed by atoms with Crippen LogP contribution in [0.2, 0.25) is 0 Å². The minimum atomic E-state index is -0.708. The van der Waals surface area contributed by atoms with Crippen molar-refractivity contribution in [3.63, 3.8) is 0 Å². The molecule has 18 heteroatoms. The lowest BCUT2D eigenvalue weighted by Gasteiger charge is -2.61. The quantitative estimate of drug-likeness (QED) is 0.0486. The molecule has 5 aromatic rings. The van der Waals surface area contributed by atoms with Crippen LogP contribution < -0.4 is 5.32 Å². The van der Waals surface area contributed by atoms with Gasteiger partial charge in [-0.15, -0.1) is 10.2 Å². The zero-order valence-electron chi connectivity index (χ0n) is 57.3. The molecule has 9 unspecified atom stereocenters. The first kappa shape index (κ1) is 66.7. The lowest BCUT2D eigenvalue weighted by Crippen LogP contribution is -2.54. The van der Waals surface area contributed by atoms with E-state index in [1.54, 1.807) is 21.8 Å². The van der Waals surface area contributed by atoms with Crippen molar-refractivity contribution < 1.29 is 48.4 Å². The zero-order valence-corrected chi connectivity index (χ0v) is 57.3. The van der Waals surface area contributed by atoms with Crippen LogP contribution in [0.25, 0.3) is 44.3 Å². The normalized spacial score (nSPS) is 32.8. The van der Waals surface area contributed by atoms with Crippen LogP contribution in [0.3, 0.4) is 0 Å². The lowest BCUT2D eigenvalue weighted by molar-refractivity contribution is -0.163. The predicted molar refractivity (Wildman–Crippen MR) is 356 cm³/mol. The fraction of sp³-hybridized carbons (Fsp3) is 0.720. The van der Waals surface area contributed by atoms with Gasteiger partial charge in [0.2, 0.25) is 0 Å². The molecule has 0 saturated heterocycles. The first-order valence-corrected chi connectivity index (χ1v) is 35.9. The van der Waals surface area contributed by atoms with Gasteiger partial charge < -0.3 is 34.3 Å². The summed E-state index contributed by atoms with van der Waals surface area (Å²) in [4.78, 5) is 63.3. The summed E-state index contributed by atoms with van der Waals surface area (Å²) >= 11 is 0. The van der Waals surface area contributed by atoms with E-state index in [-0.39, 0.29) is 66.3 Å². The molecule has 7 aliphatic carbocycles. The average Bonchev–Trinajstić information content (AvgIpc) is 1.71. The number of hydrogen-bond donors (Lipinski definition) is 3. The molecule has 93 heavy (non-hydrogen) atoms. The van der Waals surface area contributed by atoms with E-state index >= 15 is 0 Å². The molecule has 3 N–H and O–H groups in total. The van der Waals surface area contributed by atoms with E-state index in [1.165, 1.54) is 70.6 Å². The minimum absolute atomic E-state index is 0.0425. The van der Waals surface area contributed by atoms with Crippen molar-refractivity contribution in [3.8, 4) is 22.5 Å². The highest BCUT2D eigenvalue weighted by atomic mass is 16.6. The molecule has 7 fully saturated rings. The molecule has 3 heterocycles. The number of alkyl carbamates (subject to hydrolysis) is 1. The standard InChI is InChI=1S/C75H106N8O10/c1-45(13-23-66(84)85)47(3)72(8)30-27-55-48(4)75(33-25-51(55)39-72)29-11-12-54(40-75)92-69(89)44-82-42-63(78-80-82)50-16-19-57-56-18-15-49(36-64(56)83(65(57)37-50)35-34-76-70(90)93-71(5,6)7)62-41-81(79-77-62)43-68(88)91-53-26-31-73(9)52(38-53)17-20-58-60-22-21-59(46(2)14-24-67(86)87)74(60,10)32-28-61(58)73/h15-16,18-19,36-37,41-42,45-48,51-55,58-61H,11-14,17,20-35,38-40,43-44H2,1-10H3,(H,76,90)(H,84,85)(H,86,87)/t45-,46-,47?,48?,51+,52-,53-,54-,55?,58+,59?,60+,61?,72?,73?,74?,75?/m1/s1. The number of nitrogens with zero attached hydrogens (tertiary/aromatic N) is 7. The van der Waals surface area contributed by atoms with Crippen molar-refractivity contribution in [1.82, 2.24) is 39.9 Å². The summed E-state index contributed by atoms with van der Waals surface area (Å²) in [5.74, 6) is 4.38. The van der Waals surface area contributed by atoms with Crippen molar-refractivity contribution in [2.45, 2.75) is 248 Å². The van der Waals surface area contributed by atoms with Crippen LogP contribution in [-0.4, -0.2) is 99.1 Å². The molecule has 12 rings (SSSR count). The maximum absolute atomic E-state index is 13.8. The van der Waals surface area contributed by atoms with Gasteiger partial charge >= 0.3 is 30.0 Å². The fourth-order valence-corrected chi connectivity index (χ4v) is 21.3. The molecule has 2 aromatic carbocycles. The Balaban J connectivity index is 0.679. The Morgan fingerprint density at radius 3 is 1.95 bits per heavy atom. The molecular weight excluding hydrogens is 1170 g/mol. The van der Waals surface area contributed by atoms with E-state index in [9.17, 15) is 34.2 Å². The van der Waals surface area contributed by atoms with E-state index in [0.29, 0.717) is 89.1 Å². The maximum atomic E-state index is 13.8.